The molecule has 0 amide bonds. The van der Waals surface area contributed by atoms with Crippen molar-refractivity contribution in [3.63, 3.8) is 0 Å². The highest BCUT2D eigenvalue weighted by molar-refractivity contribution is 5.55. The van der Waals surface area contributed by atoms with Crippen LogP contribution < -0.4 is 5.32 Å². The molecular weight excluding hydrogens is 206 g/mol. The molecule has 1 heterocycles. The molecule has 1 heteroatoms. The minimum atomic E-state index is 0.615. The van der Waals surface area contributed by atoms with Gasteiger partial charge in [0.1, 0.15) is 0 Å². The lowest BCUT2D eigenvalue weighted by Gasteiger charge is -2.32. The van der Waals surface area contributed by atoms with Gasteiger partial charge in [0.05, 0.1) is 0 Å². The van der Waals surface area contributed by atoms with Crippen molar-refractivity contribution in [3.8, 4) is 0 Å². The minimum absolute atomic E-state index is 0.615. The van der Waals surface area contributed by atoms with E-state index in [2.05, 4.69) is 50.4 Å². The SMILES string of the molecule is CCCC(C)CC1CC(C)Nc2ccccc21. The second-order valence-electron chi connectivity index (χ2n) is 5.69. The average molecular weight is 231 g/mol. The third kappa shape index (κ3) is 3.02. The van der Waals surface area contributed by atoms with Crippen LogP contribution in [0.5, 0.6) is 0 Å². The summed E-state index contributed by atoms with van der Waals surface area (Å²) in [6, 6.07) is 9.45. The third-order valence-electron chi connectivity index (χ3n) is 3.91. The Morgan fingerprint density at radius 3 is 2.88 bits per heavy atom. The summed E-state index contributed by atoms with van der Waals surface area (Å²) in [5.41, 5.74) is 2.90. The topological polar surface area (TPSA) is 12.0 Å². The van der Waals surface area contributed by atoms with Gasteiger partial charge in [0, 0.05) is 11.7 Å². The van der Waals surface area contributed by atoms with Crippen LogP contribution in [0.25, 0.3) is 0 Å². The van der Waals surface area contributed by atoms with Crippen molar-refractivity contribution in [2.45, 2.75) is 58.4 Å². The molecule has 94 valence electrons. The van der Waals surface area contributed by atoms with Crippen LogP contribution in [0.2, 0.25) is 0 Å². The molecule has 0 spiro atoms. The molecule has 1 nitrogen and oxygen atoms in total. The Morgan fingerprint density at radius 2 is 2.12 bits per heavy atom. The summed E-state index contributed by atoms with van der Waals surface area (Å²) in [5, 5.41) is 3.60. The first-order valence-corrected chi connectivity index (χ1v) is 7.06. The second-order valence-corrected chi connectivity index (χ2v) is 5.69. The zero-order valence-electron chi connectivity index (χ0n) is 11.4. The lowest BCUT2D eigenvalue weighted by atomic mass is 9.81. The number of hydrogen-bond donors (Lipinski definition) is 1. The molecule has 1 aliphatic rings. The average Bonchev–Trinajstić information content (AvgIpc) is 2.29. The van der Waals surface area contributed by atoms with E-state index in [9.17, 15) is 0 Å². The van der Waals surface area contributed by atoms with Crippen molar-refractivity contribution >= 4 is 5.69 Å². The smallest absolute Gasteiger partial charge is 0.0377 e. The molecule has 0 aromatic heterocycles. The van der Waals surface area contributed by atoms with E-state index in [1.165, 1.54) is 36.9 Å². The van der Waals surface area contributed by atoms with Gasteiger partial charge in [-0.15, -0.1) is 0 Å². The number of benzene rings is 1. The number of rotatable bonds is 4. The number of anilines is 1. The molecule has 2 rings (SSSR count). The van der Waals surface area contributed by atoms with Crippen molar-refractivity contribution in [2.24, 2.45) is 5.92 Å². The molecule has 0 bridgehead atoms. The summed E-state index contributed by atoms with van der Waals surface area (Å²) >= 11 is 0. The predicted molar refractivity (Wildman–Crippen MR) is 75.6 cm³/mol. The van der Waals surface area contributed by atoms with Crippen molar-refractivity contribution in [1.29, 1.82) is 0 Å². The zero-order valence-corrected chi connectivity index (χ0v) is 11.4. The summed E-state index contributed by atoms with van der Waals surface area (Å²) in [6.07, 6.45) is 5.30. The van der Waals surface area contributed by atoms with Gasteiger partial charge in [-0.2, -0.15) is 0 Å². The fourth-order valence-electron chi connectivity index (χ4n) is 3.18. The zero-order chi connectivity index (χ0) is 12.3. The summed E-state index contributed by atoms with van der Waals surface area (Å²) < 4.78 is 0. The van der Waals surface area contributed by atoms with Crippen LogP contribution in [0.15, 0.2) is 24.3 Å². The third-order valence-corrected chi connectivity index (χ3v) is 3.91. The van der Waals surface area contributed by atoms with Gasteiger partial charge >= 0.3 is 0 Å². The van der Waals surface area contributed by atoms with Crippen LogP contribution in [0.4, 0.5) is 5.69 Å². The minimum Gasteiger partial charge on any atom is -0.382 e. The van der Waals surface area contributed by atoms with Crippen LogP contribution >= 0.6 is 0 Å². The maximum Gasteiger partial charge on any atom is 0.0377 e. The van der Waals surface area contributed by atoms with Gasteiger partial charge in [-0.3, -0.25) is 0 Å². The highest BCUT2D eigenvalue weighted by Crippen LogP contribution is 2.38. The Morgan fingerprint density at radius 1 is 1.35 bits per heavy atom. The van der Waals surface area contributed by atoms with Gasteiger partial charge in [0.15, 0.2) is 0 Å². The number of para-hydroxylation sites is 1. The summed E-state index contributed by atoms with van der Waals surface area (Å²) in [4.78, 5) is 0. The maximum atomic E-state index is 3.60. The number of hydrogen-bond acceptors (Lipinski definition) is 1. The molecule has 1 aromatic rings. The fraction of sp³-hybridized carbons (Fsp3) is 0.625. The lowest BCUT2D eigenvalue weighted by Crippen LogP contribution is -2.26. The first kappa shape index (κ1) is 12.5. The predicted octanol–water partition coefficient (Wildman–Crippen LogP) is 4.80. The van der Waals surface area contributed by atoms with Gasteiger partial charge in [-0.1, -0.05) is 44.9 Å². The largest absolute Gasteiger partial charge is 0.382 e. The molecule has 3 atom stereocenters. The molecule has 0 fully saturated rings. The summed E-state index contributed by atoms with van der Waals surface area (Å²) in [7, 11) is 0. The van der Waals surface area contributed by atoms with Crippen molar-refractivity contribution in [3.05, 3.63) is 29.8 Å². The quantitative estimate of drug-likeness (QED) is 0.784. The number of nitrogens with one attached hydrogen (secondary N) is 1. The van der Waals surface area contributed by atoms with Gasteiger partial charge < -0.3 is 5.32 Å². The molecular formula is C16H25N. The van der Waals surface area contributed by atoms with E-state index in [0.717, 1.165) is 11.8 Å². The van der Waals surface area contributed by atoms with Gasteiger partial charge in [-0.25, -0.2) is 0 Å². The Bertz CT molecular complexity index is 358. The van der Waals surface area contributed by atoms with E-state index in [0.29, 0.717) is 6.04 Å². The van der Waals surface area contributed by atoms with Crippen molar-refractivity contribution in [1.82, 2.24) is 0 Å². The standard InChI is InChI=1S/C16H25N/c1-4-7-12(2)10-14-11-13(3)17-16-9-6-5-8-15(14)16/h5-6,8-9,12-14,17H,4,7,10-11H2,1-3H3. The fourth-order valence-corrected chi connectivity index (χ4v) is 3.18. The van der Waals surface area contributed by atoms with E-state index in [-0.39, 0.29) is 0 Å². The van der Waals surface area contributed by atoms with E-state index >= 15 is 0 Å². The van der Waals surface area contributed by atoms with E-state index in [1.807, 2.05) is 0 Å². The summed E-state index contributed by atoms with van der Waals surface area (Å²) in [6.45, 7) is 6.99. The molecule has 1 N–H and O–H groups in total. The van der Waals surface area contributed by atoms with Crippen molar-refractivity contribution < 1.29 is 0 Å². The second kappa shape index (κ2) is 5.57. The Hall–Kier alpha value is -0.980. The Balaban J connectivity index is 2.12. The number of fused-ring (bicyclic) bond motifs is 1. The first-order chi connectivity index (χ1) is 8.20. The molecule has 0 radical (unpaired) electrons. The molecule has 1 aliphatic heterocycles. The van der Waals surface area contributed by atoms with Crippen LogP contribution in [0.1, 0.15) is 57.9 Å². The summed E-state index contributed by atoms with van der Waals surface area (Å²) in [5.74, 6) is 1.60. The van der Waals surface area contributed by atoms with Crippen LogP contribution in [0, 0.1) is 5.92 Å². The van der Waals surface area contributed by atoms with E-state index < -0.39 is 0 Å². The monoisotopic (exact) mass is 231 g/mol. The lowest BCUT2D eigenvalue weighted by molar-refractivity contribution is 0.405. The van der Waals surface area contributed by atoms with Crippen molar-refractivity contribution in [2.75, 3.05) is 5.32 Å². The van der Waals surface area contributed by atoms with Gasteiger partial charge in [-0.05, 0) is 43.2 Å². The van der Waals surface area contributed by atoms with Crippen LogP contribution in [0.3, 0.4) is 0 Å². The molecule has 1 aromatic carbocycles. The molecule has 17 heavy (non-hydrogen) atoms. The van der Waals surface area contributed by atoms with Gasteiger partial charge in [0.2, 0.25) is 0 Å². The van der Waals surface area contributed by atoms with Crippen LogP contribution in [-0.4, -0.2) is 6.04 Å². The Kier molecular flexibility index (Phi) is 4.09. The van der Waals surface area contributed by atoms with E-state index in [4.69, 9.17) is 0 Å². The highest BCUT2D eigenvalue weighted by Gasteiger charge is 2.24. The van der Waals surface area contributed by atoms with Crippen LogP contribution in [-0.2, 0) is 0 Å². The highest BCUT2D eigenvalue weighted by atomic mass is 14.9. The Labute approximate surface area is 106 Å². The first-order valence-electron chi connectivity index (χ1n) is 7.06. The maximum absolute atomic E-state index is 3.60. The van der Waals surface area contributed by atoms with E-state index in [1.54, 1.807) is 0 Å². The molecule has 0 aliphatic carbocycles. The van der Waals surface area contributed by atoms with Gasteiger partial charge in [0.25, 0.3) is 0 Å². The normalized spacial score (nSPS) is 24.9. The molecule has 3 unspecified atom stereocenters. The molecule has 0 saturated carbocycles. The molecule has 0 saturated heterocycles.